The van der Waals surface area contributed by atoms with Gasteiger partial charge in [0.2, 0.25) is 0 Å². The minimum absolute atomic E-state index is 0.0614. The Bertz CT molecular complexity index is 760. The van der Waals surface area contributed by atoms with Gasteiger partial charge in [0.05, 0.1) is 16.1 Å². The molecule has 2 aliphatic rings. The summed E-state index contributed by atoms with van der Waals surface area (Å²) in [5.41, 5.74) is 0.503. The van der Waals surface area contributed by atoms with E-state index >= 15 is 0 Å². The predicted molar refractivity (Wildman–Crippen MR) is 111 cm³/mol. The first-order valence-corrected chi connectivity index (χ1v) is 10.4. The van der Waals surface area contributed by atoms with Crippen molar-refractivity contribution >= 4 is 35.1 Å². The Hall–Kier alpha value is -1.56. The van der Waals surface area contributed by atoms with Crippen LogP contribution in [0, 0.1) is 0 Å². The summed E-state index contributed by atoms with van der Waals surface area (Å²) in [6.45, 7) is 3.20. The zero-order chi connectivity index (χ0) is 20.3. The van der Waals surface area contributed by atoms with Crippen molar-refractivity contribution in [1.29, 1.82) is 0 Å². The second-order valence-corrected chi connectivity index (χ2v) is 8.32. The third-order valence-corrected chi connectivity index (χ3v) is 6.35. The molecule has 152 valence electrons. The number of carbonyl (C=O) groups is 2. The molecule has 1 saturated carbocycles. The van der Waals surface area contributed by atoms with Gasteiger partial charge in [0, 0.05) is 45.1 Å². The van der Waals surface area contributed by atoms with Gasteiger partial charge in [-0.3, -0.25) is 14.5 Å². The smallest absolute Gasteiger partial charge is 0.302 e. The minimum atomic E-state index is -0.275. The van der Waals surface area contributed by atoms with Crippen LogP contribution in [0.4, 0.5) is 0 Å². The average molecular weight is 425 g/mol. The van der Waals surface area contributed by atoms with Crippen LogP contribution in [0.2, 0.25) is 10.0 Å². The molecule has 0 N–H and O–H groups in total. The maximum Gasteiger partial charge on any atom is 0.302 e. The lowest BCUT2D eigenvalue weighted by molar-refractivity contribution is -0.147. The van der Waals surface area contributed by atoms with E-state index in [4.69, 9.17) is 27.9 Å². The molecule has 3 unspecified atom stereocenters. The van der Waals surface area contributed by atoms with E-state index < -0.39 is 0 Å². The Balaban J connectivity index is 1.85. The highest BCUT2D eigenvalue weighted by molar-refractivity contribution is 6.42. The maximum absolute atomic E-state index is 13.2. The van der Waals surface area contributed by atoms with Crippen molar-refractivity contribution in [3.63, 3.8) is 0 Å². The van der Waals surface area contributed by atoms with Gasteiger partial charge in [-0.2, -0.15) is 0 Å². The lowest BCUT2D eigenvalue weighted by Gasteiger charge is -2.39. The van der Waals surface area contributed by atoms with E-state index in [1.54, 1.807) is 23.1 Å². The van der Waals surface area contributed by atoms with Crippen LogP contribution in [0.25, 0.3) is 0 Å². The monoisotopic (exact) mass is 424 g/mol. The van der Waals surface area contributed by atoms with Crippen LogP contribution in [0.5, 0.6) is 0 Å². The number of halogens is 2. The van der Waals surface area contributed by atoms with Crippen molar-refractivity contribution in [3.05, 3.63) is 46.0 Å². The fourth-order valence-electron chi connectivity index (χ4n) is 4.22. The van der Waals surface area contributed by atoms with E-state index in [2.05, 4.69) is 17.1 Å². The fraction of sp³-hybridized carbons (Fsp3) is 0.524. The molecular formula is C21H26Cl2N2O3. The van der Waals surface area contributed by atoms with Crippen molar-refractivity contribution in [3.8, 4) is 0 Å². The number of hydrogen-bond donors (Lipinski definition) is 0. The molecule has 5 nitrogen and oxygen atoms in total. The topological polar surface area (TPSA) is 49.9 Å². The van der Waals surface area contributed by atoms with E-state index in [1.807, 2.05) is 7.05 Å². The number of likely N-dealkylation sites (N-methyl/N-ethyl adjacent to an activating group) is 1. The highest BCUT2D eigenvalue weighted by atomic mass is 35.5. The summed E-state index contributed by atoms with van der Waals surface area (Å²) in [6.07, 6.45) is 7.52. The first-order chi connectivity index (χ1) is 13.4. The number of amides is 1. The van der Waals surface area contributed by atoms with E-state index in [1.165, 1.54) is 6.92 Å². The molecule has 1 heterocycles. The van der Waals surface area contributed by atoms with Gasteiger partial charge in [-0.05, 0) is 37.5 Å². The molecule has 3 rings (SSSR count). The Kier molecular flexibility index (Phi) is 7.02. The summed E-state index contributed by atoms with van der Waals surface area (Å²) >= 11 is 12.1. The maximum atomic E-state index is 13.2. The van der Waals surface area contributed by atoms with Crippen LogP contribution in [0.1, 0.15) is 43.0 Å². The molecule has 1 aliphatic carbocycles. The first-order valence-electron chi connectivity index (χ1n) is 9.65. The number of ether oxygens (including phenoxy) is 1. The molecule has 0 bridgehead atoms. The summed E-state index contributed by atoms with van der Waals surface area (Å²) in [5.74, 6) is -0.382. The number of benzene rings is 1. The summed E-state index contributed by atoms with van der Waals surface area (Å²) in [5, 5.41) is 0.783. The molecule has 1 amide bonds. The molecule has 28 heavy (non-hydrogen) atoms. The summed E-state index contributed by atoms with van der Waals surface area (Å²) in [7, 11) is 1.82. The van der Waals surface area contributed by atoms with Crippen LogP contribution in [-0.2, 0) is 9.53 Å². The molecule has 3 atom stereocenters. The molecule has 1 aromatic carbocycles. The van der Waals surface area contributed by atoms with E-state index in [-0.39, 0.29) is 30.1 Å². The number of nitrogens with zero attached hydrogens (tertiary/aromatic N) is 2. The Labute approximate surface area is 176 Å². The van der Waals surface area contributed by atoms with Crippen LogP contribution in [-0.4, -0.2) is 60.0 Å². The predicted octanol–water partition coefficient (Wildman–Crippen LogP) is 4.18. The lowest BCUT2D eigenvalue weighted by atomic mass is 9.98. The summed E-state index contributed by atoms with van der Waals surface area (Å²) in [6, 6.07) is 5.09. The van der Waals surface area contributed by atoms with E-state index in [0.717, 1.165) is 32.4 Å². The molecule has 0 radical (unpaired) electrons. The standard InChI is InChI=1S/C21H26Cl2N2O3/c1-14(26)28-16-6-5-7-19(25-10-3-4-11-25)20(13-16)24(2)21(27)15-8-9-17(22)18(23)12-15/h3-4,8-9,12,16,19-20H,5-7,10-11,13H2,1-2H3. The lowest BCUT2D eigenvalue weighted by Crippen LogP contribution is -2.52. The second kappa shape index (κ2) is 9.29. The van der Waals surface area contributed by atoms with Gasteiger partial charge in [0.15, 0.2) is 0 Å². The molecule has 0 saturated heterocycles. The van der Waals surface area contributed by atoms with Gasteiger partial charge in [-0.25, -0.2) is 0 Å². The molecule has 1 aliphatic heterocycles. The van der Waals surface area contributed by atoms with Crippen LogP contribution in [0.15, 0.2) is 30.4 Å². The van der Waals surface area contributed by atoms with Crippen molar-refractivity contribution in [1.82, 2.24) is 9.80 Å². The summed E-state index contributed by atoms with van der Waals surface area (Å²) < 4.78 is 5.53. The summed E-state index contributed by atoms with van der Waals surface area (Å²) in [4.78, 5) is 28.9. The van der Waals surface area contributed by atoms with Gasteiger partial charge in [-0.1, -0.05) is 35.4 Å². The van der Waals surface area contributed by atoms with E-state index in [0.29, 0.717) is 22.0 Å². The minimum Gasteiger partial charge on any atom is -0.462 e. The molecule has 0 aromatic heterocycles. The molecule has 7 heteroatoms. The third-order valence-electron chi connectivity index (χ3n) is 5.61. The van der Waals surface area contributed by atoms with Crippen molar-refractivity contribution in [2.45, 2.75) is 50.8 Å². The quantitative estimate of drug-likeness (QED) is 0.413. The van der Waals surface area contributed by atoms with Crippen molar-refractivity contribution < 1.29 is 14.3 Å². The Morgan fingerprint density at radius 2 is 1.86 bits per heavy atom. The highest BCUT2D eigenvalue weighted by Gasteiger charge is 2.37. The van der Waals surface area contributed by atoms with Crippen molar-refractivity contribution in [2.75, 3.05) is 20.1 Å². The molecule has 1 fully saturated rings. The van der Waals surface area contributed by atoms with E-state index in [9.17, 15) is 9.59 Å². The van der Waals surface area contributed by atoms with Gasteiger partial charge in [-0.15, -0.1) is 0 Å². The molecule has 0 spiro atoms. The zero-order valence-electron chi connectivity index (χ0n) is 16.2. The van der Waals surface area contributed by atoms with Crippen LogP contribution in [0.3, 0.4) is 0 Å². The molecular weight excluding hydrogens is 399 g/mol. The third kappa shape index (κ3) is 4.88. The zero-order valence-corrected chi connectivity index (χ0v) is 17.7. The SMILES string of the molecule is CC(=O)OC1CCCC(N2CC=CC2)C(N(C)C(=O)c2ccc(Cl)c(Cl)c2)C1. The Morgan fingerprint density at radius 1 is 1.14 bits per heavy atom. The number of rotatable bonds is 4. The fourth-order valence-corrected chi connectivity index (χ4v) is 4.52. The first kappa shape index (κ1) is 21.2. The van der Waals surface area contributed by atoms with Crippen molar-refractivity contribution in [2.24, 2.45) is 0 Å². The van der Waals surface area contributed by atoms with Crippen LogP contribution < -0.4 is 0 Å². The average Bonchev–Trinajstić information content (AvgIpc) is 3.11. The largest absolute Gasteiger partial charge is 0.462 e. The van der Waals surface area contributed by atoms with Gasteiger partial charge in [0.25, 0.3) is 5.91 Å². The van der Waals surface area contributed by atoms with Gasteiger partial charge >= 0.3 is 5.97 Å². The van der Waals surface area contributed by atoms with Gasteiger partial charge in [0.1, 0.15) is 6.10 Å². The Morgan fingerprint density at radius 3 is 2.50 bits per heavy atom. The van der Waals surface area contributed by atoms with Gasteiger partial charge < -0.3 is 9.64 Å². The number of carbonyl (C=O) groups excluding carboxylic acids is 2. The molecule has 1 aromatic rings. The number of hydrogen-bond acceptors (Lipinski definition) is 4. The number of esters is 1. The second-order valence-electron chi connectivity index (χ2n) is 7.50. The van der Waals surface area contributed by atoms with Crippen LogP contribution >= 0.6 is 23.2 Å². The highest BCUT2D eigenvalue weighted by Crippen LogP contribution is 2.30. The normalized spacial score (nSPS) is 25.4.